The number of nitrogen functional groups attached to an aromatic ring is 1. The Hall–Kier alpha value is -2.51. The third-order valence-electron chi connectivity index (χ3n) is 2.21. The van der Waals surface area contributed by atoms with Crippen LogP contribution < -0.4 is 22.1 Å². The molecule has 0 aliphatic rings. The number of rotatable bonds is 6. The van der Waals surface area contributed by atoms with Gasteiger partial charge in [0.15, 0.2) is 0 Å². The second kappa shape index (κ2) is 6.28. The van der Waals surface area contributed by atoms with E-state index in [0.717, 1.165) is 0 Å². The lowest BCUT2D eigenvalue weighted by molar-refractivity contribution is -0.383. The number of urea groups is 1. The Morgan fingerprint density at radius 3 is 2.72 bits per heavy atom. The molecule has 8 nitrogen and oxygen atoms in total. The van der Waals surface area contributed by atoms with E-state index in [1.807, 2.05) is 0 Å². The van der Waals surface area contributed by atoms with Crippen LogP contribution in [0.2, 0.25) is 0 Å². The van der Waals surface area contributed by atoms with Crippen molar-refractivity contribution in [2.75, 3.05) is 24.1 Å². The molecule has 98 valence electrons. The zero-order chi connectivity index (χ0) is 13.5. The van der Waals surface area contributed by atoms with Crippen LogP contribution >= 0.6 is 0 Å². The molecular formula is C10H15N5O3. The first-order chi connectivity index (χ1) is 8.50. The predicted octanol–water partition coefficient (Wildman–Crippen LogP) is 0.647. The van der Waals surface area contributed by atoms with Crippen molar-refractivity contribution in [3.8, 4) is 0 Å². The van der Waals surface area contributed by atoms with E-state index in [2.05, 4.69) is 10.6 Å². The molecular weight excluding hydrogens is 238 g/mol. The van der Waals surface area contributed by atoms with Crippen LogP contribution in [-0.2, 0) is 0 Å². The molecule has 0 aliphatic carbocycles. The summed E-state index contributed by atoms with van der Waals surface area (Å²) in [5.74, 6) is 0. The van der Waals surface area contributed by atoms with E-state index in [1.165, 1.54) is 12.1 Å². The molecule has 0 saturated carbocycles. The molecule has 0 saturated heterocycles. The Kier molecular flexibility index (Phi) is 4.73. The van der Waals surface area contributed by atoms with Crippen LogP contribution in [0.5, 0.6) is 0 Å². The van der Waals surface area contributed by atoms with Crippen molar-refractivity contribution in [2.24, 2.45) is 5.73 Å². The first-order valence-electron chi connectivity index (χ1n) is 5.32. The van der Waals surface area contributed by atoms with Crippen LogP contribution in [0.3, 0.4) is 0 Å². The highest BCUT2D eigenvalue weighted by molar-refractivity contribution is 5.71. The maximum absolute atomic E-state index is 10.7. The van der Waals surface area contributed by atoms with Crippen molar-refractivity contribution < 1.29 is 9.72 Å². The van der Waals surface area contributed by atoms with Gasteiger partial charge in [0, 0.05) is 24.8 Å². The Balaban J connectivity index is 2.45. The molecule has 0 atom stereocenters. The van der Waals surface area contributed by atoms with Gasteiger partial charge in [0.2, 0.25) is 0 Å². The number of nitrogens with two attached hydrogens (primary N) is 2. The Labute approximate surface area is 103 Å². The van der Waals surface area contributed by atoms with E-state index in [4.69, 9.17) is 11.5 Å². The number of nitrogens with one attached hydrogen (secondary N) is 2. The molecule has 1 rings (SSSR count). The van der Waals surface area contributed by atoms with Crippen LogP contribution in [0.15, 0.2) is 18.2 Å². The summed E-state index contributed by atoms with van der Waals surface area (Å²) in [6.07, 6.45) is 0.654. The van der Waals surface area contributed by atoms with Gasteiger partial charge in [0.25, 0.3) is 5.69 Å². The summed E-state index contributed by atoms with van der Waals surface area (Å²) in [7, 11) is 0. The van der Waals surface area contributed by atoms with Gasteiger partial charge in [-0.25, -0.2) is 4.79 Å². The van der Waals surface area contributed by atoms with Gasteiger partial charge in [0.1, 0.15) is 5.69 Å². The zero-order valence-electron chi connectivity index (χ0n) is 9.68. The first kappa shape index (κ1) is 13.6. The highest BCUT2D eigenvalue weighted by Crippen LogP contribution is 2.24. The number of anilines is 2. The van der Waals surface area contributed by atoms with Gasteiger partial charge in [-0.3, -0.25) is 10.1 Å². The maximum atomic E-state index is 10.7. The smallest absolute Gasteiger partial charge is 0.312 e. The Morgan fingerprint density at radius 2 is 2.11 bits per heavy atom. The Bertz CT molecular complexity index is 449. The van der Waals surface area contributed by atoms with E-state index in [-0.39, 0.29) is 11.4 Å². The summed E-state index contributed by atoms with van der Waals surface area (Å²) in [5.41, 5.74) is 11.0. The zero-order valence-corrected chi connectivity index (χ0v) is 9.68. The minimum absolute atomic E-state index is 0.126. The average Bonchev–Trinajstić information content (AvgIpc) is 2.30. The molecule has 0 aromatic heterocycles. The van der Waals surface area contributed by atoms with Crippen molar-refractivity contribution in [1.29, 1.82) is 0 Å². The standard InChI is InChI=1S/C10H15N5O3/c11-8-3-2-7(6-9(8)15(17)18)13-4-1-5-14-10(12)16/h2-3,6,13H,1,4-5,11H2,(H3,12,14,16). The highest BCUT2D eigenvalue weighted by Gasteiger charge is 2.11. The van der Waals surface area contributed by atoms with Crippen molar-refractivity contribution >= 4 is 23.1 Å². The number of hydrogen-bond acceptors (Lipinski definition) is 5. The molecule has 0 unspecified atom stereocenters. The number of carbonyl (C=O) groups excluding carboxylic acids is 1. The van der Waals surface area contributed by atoms with E-state index in [9.17, 15) is 14.9 Å². The molecule has 0 fully saturated rings. The molecule has 8 heteroatoms. The van der Waals surface area contributed by atoms with Crippen molar-refractivity contribution in [3.63, 3.8) is 0 Å². The molecule has 0 spiro atoms. The fourth-order valence-corrected chi connectivity index (χ4v) is 1.34. The molecule has 0 bridgehead atoms. The number of benzene rings is 1. The number of nitrogens with zero attached hydrogens (tertiary/aromatic N) is 1. The van der Waals surface area contributed by atoms with Crippen LogP contribution in [0, 0.1) is 10.1 Å². The largest absolute Gasteiger partial charge is 0.393 e. The van der Waals surface area contributed by atoms with Crippen LogP contribution in [-0.4, -0.2) is 24.0 Å². The molecule has 0 aliphatic heterocycles. The van der Waals surface area contributed by atoms with E-state index >= 15 is 0 Å². The Morgan fingerprint density at radius 1 is 1.39 bits per heavy atom. The topological polar surface area (TPSA) is 136 Å². The second-order valence-corrected chi connectivity index (χ2v) is 3.60. The van der Waals surface area contributed by atoms with Gasteiger partial charge in [0.05, 0.1) is 4.92 Å². The summed E-state index contributed by atoms with van der Waals surface area (Å²) in [6, 6.07) is 3.93. The fraction of sp³-hybridized carbons (Fsp3) is 0.300. The fourth-order valence-electron chi connectivity index (χ4n) is 1.34. The van der Waals surface area contributed by atoms with Crippen LogP contribution in [0.1, 0.15) is 6.42 Å². The lowest BCUT2D eigenvalue weighted by Gasteiger charge is -2.07. The number of amides is 2. The maximum Gasteiger partial charge on any atom is 0.312 e. The lowest BCUT2D eigenvalue weighted by atomic mass is 10.2. The van der Waals surface area contributed by atoms with Gasteiger partial charge in [-0.1, -0.05) is 0 Å². The summed E-state index contributed by atoms with van der Waals surface area (Å²) < 4.78 is 0. The molecule has 6 N–H and O–H groups in total. The van der Waals surface area contributed by atoms with Crippen molar-refractivity contribution in [2.45, 2.75) is 6.42 Å². The van der Waals surface area contributed by atoms with Crippen LogP contribution in [0.4, 0.5) is 21.9 Å². The minimum Gasteiger partial charge on any atom is -0.393 e. The average molecular weight is 253 g/mol. The van der Waals surface area contributed by atoms with E-state index < -0.39 is 11.0 Å². The predicted molar refractivity (Wildman–Crippen MR) is 68.2 cm³/mol. The summed E-state index contributed by atoms with van der Waals surface area (Å²) in [4.78, 5) is 20.5. The van der Waals surface area contributed by atoms with Gasteiger partial charge >= 0.3 is 6.03 Å². The number of nitro groups is 1. The SMILES string of the molecule is NC(=O)NCCCNc1ccc(N)c([N+](=O)[O-])c1. The number of nitro benzene ring substituents is 1. The summed E-state index contributed by atoms with van der Waals surface area (Å²) in [5, 5.41) is 16.1. The molecule has 2 amide bonds. The quantitative estimate of drug-likeness (QED) is 0.255. The van der Waals surface area contributed by atoms with E-state index in [0.29, 0.717) is 25.2 Å². The first-order valence-corrected chi connectivity index (χ1v) is 5.32. The third kappa shape index (κ3) is 4.16. The van der Waals surface area contributed by atoms with Gasteiger partial charge < -0.3 is 22.1 Å². The summed E-state index contributed by atoms with van der Waals surface area (Å²) >= 11 is 0. The molecule has 0 heterocycles. The molecule has 18 heavy (non-hydrogen) atoms. The normalized spacial score (nSPS) is 9.78. The number of primary amides is 1. The monoisotopic (exact) mass is 253 g/mol. The molecule has 0 radical (unpaired) electrons. The van der Waals surface area contributed by atoms with Gasteiger partial charge in [-0.05, 0) is 18.6 Å². The number of carbonyl (C=O) groups is 1. The van der Waals surface area contributed by atoms with Crippen molar-refractivity contribution in [1.82, 2.24) is 5.32 Å². The number of hydrogen-bond donors (Lipinski definition) is 4. The van der Waals surface area contributed by atoms with Gasteiger partial charge in [-0.15, -0.1) is 0 Å². The summed E-state index contributed by atoms with van der Waals surface area (Å²) in [6.45, 7) is 1.00. The molecule has 1 aromatic rings. The van der Waals surface area contributed by atoms with E-state index in [1.54, 1.807) is 6.07 Å². The molecule has 1 aromatic carbocycles. The van der Waals surface area contributed by atoms with Crippen LogP contribution in [0.25, 0.3) is 0 Å². The highest BCUT2D eigenvalue weighted by atomic mass is 16.6. The second-order valence-electron chi connectivity index (χ2n) is 3.60. The minimum atomic E-state index is -0.571. The van der Waals surface area contributed by atoms with Crippen molar-refractivity contribution in [3.05, 3.63) is 28.3 Å². The van der Waals surface area contributed by atoms with Gasteiger partial charge in [-0.2, -0.15) is 0 Å². The lowest BCUT2D eigenvalue weighted by Crippen LogP contribution is -2.30. The third-order valence-corrected chi connectivity index (χ3v) is 2.21.